The van der Waals surface area contributed by atoms with Gasteiger partial charge in [0.05, 0.1) is 12.1 Å². The van der Waals surface area contributed by atoms with E-state index in [9.17, 15) is 0 Å². The minimum absolute atomic E-state index is 0.512. The molecule has 2 aliphatic rings. The zero-order chi connectivity index (χ0) is 14.1. The first-order chi connectivity index (χ1) is 10.3. The Bertz CT molecular complexity index is 907. The molecule has 102 valence electrons. The summed E-state index contributed by atoms with van der Waals surface area (Å²) in [5.74, 6) is 0. The fourth-order valence-electron chi connectivity index (χ4n) is 4.20. The van der Waals surface area contributed by atoms with Crippen LogP contribution in [0.1, 0.15) is 34.3 Å². The third-order valence-electron chi connectivity index (χ3n) is 5.24. The standard InChI is InChI=1S/C20H17N/c1-11-13-7-3-4-8-14(13)12(2)18-17(11)15-9-5-6-10-16(15)19-20(18)21-19/h3-10,19-21H,1-2H3. The maximum atomic E-state index is 3.68. The van der Waals surface area contributed by atoms with Crippen LogP contribution in [0.4, 0.5) is 0 Å². The van der Waals surface area contributed by atoms with Crippen molar-refractivity contribution in [3.05, 3.63) is 70.8 Å². The molecule has 0 radical (unpaired) electrons. The van der Waals surface area contributed by atoms with Gasteiger partial charge in [0.15, 0.2) is 0 Å². The minimum atomic E-state index is 0.512. The Morgan fingerprint density at radius 2 is 1.43 bits per heavy atom. The van der Waals surface area contributed by atoms with Gasteiger partial charge in [-0.15, -0.1) is 0 Å². The van der Waals surface area contributed by atoms with E-state index in [2.05, 4.69) is 67.7 Å². The normalized spacial score (nSPS) is 21.6. The van der Waals surface area contributed by atoms with Gasteiger partial charge in [0.2, 0.25) is 0 Å². The topological polar surface area (TPSA) is 21.9 Å². The molecule has 3 aromatic rings. The molecule has 1 heteroatoms. The smallest absolute Gasteiger partial charge is 0.0533 e. The Labute approximate surface area is 124 Å². The maximum absolute atomic E-state index is 3.68. The van der Waals surface area contributed by atoms with E-state index in [1.165, 1.54) is 44.2 Å². The second-order valence-electron chi connectivity index (χ2n) is 6.29. The highest BCUT2D eigenvalue weighted by Crippen LogP contribution is 2.56. The van der Waals surface area contributed by atoms with Gasteiger partial charge in [-0.1, -0.05) is 48.5 Å². The van der Waals surface area contributed by atoms with Crippen molar-refractivity contribution in [1.29, 1.82) is 0 Å². The SMILES string of the molecule is Cc1c2c(c(C)c3ccccc13)C1NC1c1ccccc1-2. The van der Waals surface area contributed by atoms with Crippen LogP contribution in [0.2, 0.25) is 0 Å². The summed E-state index contributed by atoms with van der Waals surface area (Å²) in [5, 5.41) is 6.47. The van der Waals surface area contributed by atoms with Crippen molar-refractivity contribution in [2.45, 2.75) is 25.9 Å². The number of hydrogen-bond donors (Lipinski definition) is 1. The van der Waals surface area contributed by atoms with E-state index >= 15 is 0 Å². The lowest BCUT2D eigenvalue weighted by atomic mass is 9.79. The van der Waals surface area contributed by atoms with Crippen molar-refractivity contribution < 1.29 is 0 Å². The highest BCUT2D eigenvalue weighted by molar-refractivity contribution is 5.98. The molecule has 0 spiro atoms. The van der Waals surface area contributed by atoms with Gasteiger partial charge in [-0.3, -0.25) is 5.32 Å². The van der Waals surface area contributed by atoms with Crippen LogP contribution in [0.15, 0.2) is 48.5 Å². The zero-order valence-corrected chi connectivity index (χ0v) is 12.3. The first-order valence-electron chi connectivity index (χ1n) is 7.64. The van der Waals surface area contributed by atoms with Crippen molar-refractivity contribution in [3.63, 3.8) is 0 Å². The van der Waals surface area contributed by atoms with Gasteiger partial charge in [0.1, 0.15) is 0 Å². The predicted octanol–water partition coefficient (Wildman–Crippen LogP) is 4.82. The molecule has 5 rings (SSSR count). The lowest BCUT2D eigenvalue weighted by molar-refractivity contribution is 0.992. The van der Waals surface area contributed by atoms with Crippen molar-refractivity contribution >= 4 is 10.8 Å². The van der Waals surface area contributed by atoms with E-state index in [-0.39, 0.29) is 0 Å². The van der Waals surface area contributed by atoms with Gasteiger partial charge in [0, 0.05) is 0 Å². The lowest BCUT2D eigenvalue weighted by Gasteiger charge is -2.24. The Kier molecular flexibility index (Phi) is 2.06. The van der Waals surface area contributed by atoms with Crippen molar-refractivity contribution in [1.82, 2.24) is 5.32 Å². The van der Waals surface area contributed by atoms with Crippen LogP contribution in [0.25, 0.3) is 21.9 Å². The van der Waals surface area contributed by atoms with Gasteiger partial charge >= 0.3 is 0 Å². The number of aryl methyl sites for hydroxylation is 2. The molecule has 1 saturated heterocycles. The number of benzene rings is 3. The number of fused-ring (bicyclic) bond motifs is 7. The van der Waals surface area contributed by atoms with E-state index in [1.54, 1.807) is 0 Å². The van der Waals surface area contributed by atoms with E-state index in [4.69, 9.17) is 0 Å². The van der Waals surface area contributed by atoms with Gasteiger partial charge in [-0.05, 0) is 58.0 Å². The summed E-state index contributed by atoms with van der Waals surface area (Å²) in [6.45, 7) is 4.56. The highest BCUT2D eigenvalue weighted by Gasteiger charge is 2.46. The summed E-state index contributed by atoms with van der Waals surface area (Å²) >= 11 is 0. The molecule has 1 aliphatic carbocycles. The lowest BCUT2D eigenvalue weighted by Crippen LogP contribution is -2.04. The molecule has 0 amide bonds. The van der Waals surface area contributed by atoms with E-state index in [0.29, 0.717) is 12.1 Å². The van der Waals surface area contributed by atoms with Crippen molar-refractivity contribution in [2.75, 3.05) is 0 Å². The second kappa shape index (κ2) is 3.75. The fraction of sp³-hybridized carbons (Fsp3) is 0.200. The maximum Gasteiger partial charge on any atom is 0.0533 e. The summed E-state index contributed by atoms with van der Waals surface area (Å²) in [6.07, 6.45) is 0. The third kappa shape index (κ3) is 1.35. The van der Waals surface area contributed by atoms with Crippen molar-refractivity contribution in [3.8, 4) is 11.1 Å². The molecule has 0 aromatic heterocycles. The summed E-state index contributed by atoms with van der Waals surface area (Å²) in [5.41, 5.74) is 8.74. The van der Waals surface area contributed by atoms with Crippen LogP contribution in [0, 0.1) is 13.8 Å². The Hall–Kier alpha value is -2.12. The van der Waals surface area contributed by atoms with Gasteiger partial charge in [-0.25, -0.2) is 0 Å². The molecule has 0 saturated carbocycles. The minimum Gasteiger partial charge on any atom is -0.300 e. The first-order valence-corrected chi connectivity index (χ1v) is 7.64. The third-order valence-corrected chi connectivity index (χ3v) is 5.24. The summed E-state index contributed by atoms with van der Waals surface area (Å²) < 4.78 is 0. The molecule has 21 heavy (non-hydrogen) atoms. The molecular weight excluding hydrogens is 254 g/mol. The van der Waals surface area contributed by atoms with E-state index < -0.39 is 0 Å². The molecule has 1 fully saturated rings. The van der Waals surface area contributed by atoms with E-state index in [1.807, 2.05) is 0 Å². The highest BCUT2D eigenvalue weighted by atomic mass is 15.2. The Balaban J connectivity index is 2.00. The molecule has 1 heterocycles. The molecule has 3 aromatic carbocycles. The average Bonchev–Trinajstić information content (AvgIpc) is 3.32. The molecule has 0 bridgehead atoms. The number of hydrogen-bond acceptors (Lipinski definition) is 1. The average molecular weight is 271 g/mol. The summed E-state index contributed by atoms with van der Waals surface area (Å²) in [4.78, 5) is 0. The fourth-order valence-corrected chi connectivity index (χ4v) is 4.20. The van der Waals surface area contributed by atoms with Crippen LogP contribution in [0.3, 0.4) is 0 Å². The van der Waals surface area contributed by atoms with Crippen LogP contribution in [-0.4, -0.2) is 0 Å². The first kappa shape index (κ1) is 11.5. The molecule has 2 unspecified atom stereocenters. The van der Waals surface area contributed by atoms with E-state index in [0.717, 1.165) is 0 Å². The van der Waals surface area contributed by atoms with Crippen molar-refractivity contribution in [2.24, 2.45) is 0 Å². The van der Waals surface area contributed by atoms with Gasteiger partial charge in [0.25, 0.3) is 0 Å². The van der Waals surface area contributed by atoms with Crippen LogP contribution < -0.4 is 5.32 Å². The molecule has 1 aliphatic heterocycles. The van der Waals surface area contributed by atoms with Crippen LogP contribution in [-0.2, 0) is 0 Å². The monoisotopic (exact) mass is 271 g/mol. The van der Waals surface area contributed by atoms with Crippen LogP contribution in [0.5, 0.6) is 0 Å². The Morgan fingerprint density at radius 3 is 2.24 bits per heavy atom. The zero-order valence-electron chi connectivity index (χ0n) is 12.3. The summed E-state index contributed by atoms with van der Waals surface area (Å²) in [7, 11) is 0. The molecule has 1 nitrogen and oxygen atoms in total. The van der Waals surface area contributed by atoms with Gasteiger partial charge in [-0.2, -0.15) is 0 Å². The molecule has 1 N–H and O–H groups in total. The predicted molar refractivity (Wildman–Crippen MR) is 87.5 cm³/mol. The summed E-state index contributed by atoms with van der Waals surface area (Å²) in [6, 6.07) is 18.7. The second-order valence-corrected chi connectivity index (χ2v) is 6.29. The number of rotatable bonds is 0. The quantitative estimate of drug-likeness (QED) is 0.582. The molecule has 2 atom stereocenters. The van der Waals surface area contributed by atoms with Gasteiger partial charge < -0.3 is 0 Å². The largest absolute Gasteiger partial charge is 0.300 e. The Morgan fingerprint density at radius 1 is 0.762 bits per heavy atom. The molecular formula is C20H17N. The number of nitrogens with one attached hydrogen (secondary N) is 1. The van der Waals surface area contributed by atoms with Crippen LogP contribution >= 0.6 is 0 Å².